The summed E-state index contributed by atoms with van der Waals surface area (Å²) in [6.45, 7) is 0. The highest BCUT2D eigenvalue weighted by Crippen LogP contribution is 2.36. The molecule has 1 N–H and O–H groups in total. The van der Waals surface area contributed by atoms with Gasteiger partial charge in [0.2, 0.25) is 5.95 Å². The van der Waals surface area contributed by atoms with Crippen molar-refractivity contribution in [3.63, 3.8) is 0 Å². The Morgan fingerprint density at radius 1 is 0.806 bits per heavy atom. The number of hydrogen-bond acceptors (Lipinski definition) is 5. The number of allylic oxidation sites excluding steroid dienone is 1. The molecule has 6 nitrogen and oxygen atoms in total. The van der Waals surface area contributed by atoms with Crippen LogP contribution in [0.1, 0.15) is 17.2 Å². The van der Waals surface area contributed by atoms with E-state index in [0.717, 1.165) is 16.8 Å². The number of hydrogen-bond donors (Lipinski definition) is 1. The van der Waals surface area contributed by atoms with Crippen LogP contribution in [-0.2, 0) is 0 Å². The number of anilines is 1. The van der Waals surface area contributed by atoms with Crippen LogP contribution in [0.2, 0.25) is 0 Å². The second kappa shape index (κ2) is 7.99. The van der Waals surface area contributed by atoms with Crippen LogP contribution >= 0.6 is 0 Å². The molecule has 1 aliphatic heterocycles. The number of aromatic nitrogens is 3. The van der Waals surface area contributed by atoms with E-state index in [1.165, 1.54) is 11.1 Å². The molecule has 3 aromatic carbocycles. The number of ether oxygens (including phenoxy) is 2. The second-order valence-electron chi connectivity index (χ2n) is 7.24. The lowest BCUT2D eigenvalue weighted by Gasteiger charge is -2.25. The minimum absolute atomic E-state index is 0.123. The molecule has 0 saturated heterocycles. The molecule has 0 amide bonds. The van der Waals surface area contributed by atoms with Gasteiger partial charge in [-0.15, -0.1) is 0 Å². The van der Waals surface area contributed by atoms with Crippen molar-refractivity contribution in [1.82, 2.24) is 14.8 Å². The maximum atomic E-state index is 5.50. The van der Waals surface area contributed by atoms with Crippen molar-refractivity contribution in [1.29, 1.82) is 0 Å². The Morgan fingerprint density at radius 3 is 2.26 bits per heavy atom. The van der Waals surface area contributed by atoms with Crippen molar-refractivity contribution >= 4 is 11.6 Å². The zero-order valence-electron chi connectivity index (χ0n) is 17.3. The van der Waals surface area contributed by atoms with Crippen LogP contribution < -0.4 is 14.8 Å². The van der Waals surface area contributed by atoms with Crippen molar-refractivity contribution in [2.24, 2.45) is 0 Å². The van der Waals surface area contributed by atoms with E-state index in [1.807, 2.05) is 28.9 Å². The molecule has 0 radical (unpaired) electrons. The monoisotopic (exact) mass is 410 g/mol. The summed E-state index contributed by atoms with van der Waals surface area (Å²) in [6, 6.07) is 24.7. The quantitative estimate of drug-likeness (QED) is 0.501. The molecule has 1 aliphatic rings. The average Bonchev–Trinajstić information content (AvgIpc) is 3.32. The van der Waals surface area contributed by atoms with Crippen LogP contribution in [0.3, 0.4) is 0 Å². The van der Waals surface area contributed by atoms with E-state index in [0.29, 0.717) is 17.4 Å². The van der Waals surface area contributed by atoms with E-state index in [4.69, 9.17) is 9.47 Å². The van der Waals surface area contributed by atoms with E-state index in [1.54, 1.807) is 20.5 Å². The third-order valence-corrected chi connectivity index (χ3v) is 5.46. The van der Waals surface area contributed by atoms with Crippen LogP contribution in [0, 0.1) is 0 Å². The highest BCUT2D eigenvalue weighted by molar-refractivity contribution is 5.78. The van der Waals surface area contributed by atoms with Gasteiger partial charge in [-0.3, -0.25) is 0 Å². The molecular weight excluding hydrogens is 388 g/mol. The van der Waals surface area contributed by atoms with Crippen molar-refractivity contribution in [2.45, 2.75) is 6.04 Å². The van der Waals surface area contributed by atoms with Crippen molar-refractivity contribution in [3.8, 4) is 22.6 Å². The number of fused-ring (bicyclic) bond motifs is 1. The number of nitrogens with zero attached hydrogens (tertiary/aromatic N) is 3. The lowest BCUT2D eigenvalue weighted by molar-refractivity contribution is 0.354. The Morgan fingerprint density at radius 2 is 1.52 bits per heavy atom. The summed E-state index contributed by atoms with van der Waals surface area (Å²) in [5.41, 5.74) is 5.48. The number of rotatable bonds is 5. The molecule has 0 aliphatic carbocycles. The fourth-order valence-corrected chi connectivity index (χ4v) is 3.85. The summed E-state index contributed by atoms with van der Waals surface area (Å²) in [4.78, 5) is 4.39. The predicted octanol–water partition coefficient (Wildman–Crippen LogP) is 5.02. The summed E-state index contributed by atoms with van der Waals surface area (Å²) < 4.78 is 12.7. The highest BCUT2D eigenvalue weighted by Gasteiger charge is 2.24. The van der Waals surface area contributed by atoms with Gasteiger partial charge in [-0.1, -0.05) is 60.7 Å². The first kappa shape index (κ1) is 18.9. The molecule has 154 valence electrons. The smallest absolute Gasteiger partial charge is 0.226 e. The average molecular weight is 410 g/mol. The molecule has 0 fully saturated rings. The molecular formula is C25H22N4O2. The lowest BCUT2D eigenvalue weighted by Crippen LogP contribution is -2.20. The Hall–Kier alpha value is -4.06. The van der Waals surface area contributed by atoms with Crippen molar-refractivity contribution in [2.75, 3.05) is 19.5 Å². The fourth-order valence-electron chi connectivity index (χ4n) is 3.85. The summed E-state index contributed by atoms with van der Waals surface area (Å²) in [5, 5.41) is 7.82. The molecule has 0 saturated carbocycles. The first-order valence-corrected chi connectivity index (χ1v) is 10.0. The maximum Gasteiger partial charge on any atom is 0.226 e. The van der Waals surface area contributed by atoms with Gasteiger partial charge in [0, 0.05) is 5.70 Å². The third kappa shape index (κ3) is 3.53. The van der Waals surface area contributed by atoms with Gasteiger partial charge in [-0.2, -0.15) is 10.1 Å². The largest absolute Gasteiger partial charge is 0.493 e. The van der Waals surface area contributed by atoms with Gasteiger partial charge >= 0.3 is 0 Å². The summed E-state index contributed by atoms with van der Waals surface area (Å²) in [6.07, 6.45) is 3.71. The number of nitrogens with one attached hydrogen (secondary N) is 1. The zero-order chi connectivity index (χ0) is 21.2. The molecule has 1 aromatic heterocycles. The normalized spacial score (nSPS) is 14.9. The van der Waals surface area contributed by atoms with E-state index >= 15 is 0 Å². The third-order valence-electron chi connectivity index (χ3n) is 5.46. The minimum Gasteiger partial charge on any atom is -0.493 e. The molecule has 0 unspecified atom stereocenters. The van der Waals surface area contributed by atoms with Crippen LogP contribution in [0.4, 0.5) is 5.95 Å². The number of methoxy groups -OCH3 is 2. The lowest BCUT2D eigenvalue weighted by atomic mass is 9.99. The Bertz CT molecular complexity index is 1230. The van der Waals surface area contributed by atoms with Crippen LogP contribution in [0.15, 0.2) is 85.2 Å². The molecule has 0 spiro atoms. The van der Waals surface area contributed by atoms with Crippen molar-refractivity contribution in [3.05, 3.63) is 96.3 Å². The van der Waals surface area contributed by atoms with Crippen molar-refractivity contribution < 1.29 is 9.47 Å². The second-order valence-corrected chi connectivity index (χ2v) is 7.24. The Kier molecular flexibility index (Phi) is 4.88. The summed E-state index contributed by atoms with van der Waals surface area (Å²) in [7, 11) is 3.27. The first-order valence-electron chi connectivity index (χ1n) is 10.0. The van der Waals surface area contributed by atoms with Crippen LogP contribution in [0.5, 0.6) is 11.5 Å². The zero-order valence-corrected chi connectivity index (χ0v) is 17.3. The molecule has 5 rings (SSSR count). The van der Waals surface area contributed by atoms with Gasteiger partial charge in [0.1, 0.15) is 12.4 Å². The van der Waals surface area contributed by atoms with Crippen LogP contribution in [0.25, 0.3) is 16.8 Å². The van der Waals surface area contributed by atoms with Gasteiger partial charge < -0.3 is 14.8 Å². The maximum absolute atomic E-state index is 5.50. The van der Waals surface area contributed by atoms with E-state index < -0.39 is 0 Å². The summed E-state index contributed by atoms with van der Waals surface area (Å²) >= 11 is 0. The number of benzene rings is 3. The molecule has 6 heteroatoms. The molecule has 31 heavy (non-hydrogen) atoms. The van der Waals surface area contributed by atoms with E-state index in [-0.39, 0.29) is 6.04 Å². The van der Waals surface area contributed by atoms with E-state index in [2.05, 4.69) is 70.0 Å². The Balaban J connectivity index is 1.52. The minimum atomic E-state index is -0.123. The topological polar surface area (TPSA) is 61.2 Å². The van der Waals surface area contributed by atoms with Gasteiger partial charge in [-0.05, 0) is 40.5 Å². The first-order chi connectivity index (χ1) is 15.3. The Labute approximate surface area is 180 Å². The van der Waals surface area contributed by atoms with Gasteiger partial charge in [0.15, 0.2) is 11.5 Å². The standard InChI is InChI=1S/C25H22N4O2/c1-30-23-13-12-20(14-24(23)31-2)22-15-21(28-25-26-16-27-29(22)25)19-10-8-18(9-11-19)17-6-4-3-5-7-17/h3-16,22H,1-2H3,(H,26,27,28)/t22-/m0/s1. The van der Waals surface area contributed by atoms with Gasteiger partial charge in [0.05, 0.1) is 14.2 Å². The fraction of sp³-hybridized carbons (Fsp3) is 0.120. The highest BCUT2D eigenvalue weighted by atomic mass is 16.5. The SMILES string of the molecule is COc1ccc([C@@H]2C=C(c3ccc(-c4ccccc4)cc3)Nc3ncnn32)cc1OC. The molecule has 4 aromatic rings. The van der Waals surface area contributed by atoms with Crippen LogP contribution in [-0.4, -0.2) is 29.0 Å². The summed E-state index contributed by atoms with van der Waals surface area (Å²) in [5.74, 6) is 2.08. The van der Waals surface area contributed by atoms with Gasteiger partial charge in [-0.25, -0.2) is 4.68 Å². The van der Waals surface area contributed by atoms with E-state index in [9.17, 15) is 0 Å². The predicted molar refractivity (Wildman–Crippen MR) is 121 cm³/mol. The molecule has 1 atom stereocenters. The van der Waals surface area contributed by atoms with Gasteiger partial charge in [0.25, 0.3) is 0 Å². The molecule has 0 bridgehead atoms. The molecule has 2 heterocycles.